The maximum absolute atomic E-state index is 13.3. The van der Waals surface area contributed by atoms with Crippen molar-refractivity contribution >= 4 is 21.6 Å². The van der Waals surface area contributed by atoms with E-state index in [2.05, 4.69) is 10.1 Å². The van der Waals surface area contributed by atoms with E-state index >= 15 is 0 Å². The van der Waals surface area contributed by atoms with Crippen molar-refractivity contribution in [2.24, 2.45) is 7.05 Å². The van der Waals surface area contributed by atoms with Crippen LogP contribution in [-0.2, 0) is 23.5 Å². The highest BCUT2D eigenvalue weighted by atomic mass is 35.5. The van der Waals surface area contributed by atoms with Crippen LogP contribution in [0, 0.1) is 6.92 Å². The number of sulfonamides is 1. The van der Waals surface area contributed by atoms with Gasteiger partial charge in [0, 0.05) is 31.2 Å². The van der Waals surface area contributed by atoms with Gasteiger partial charge in [0.1, 0.15) is 16.7 Å². The number of piperidine rings is 1. The van der Waals surface area contributed by atoms with Gasteiger partial charge in [0.05, 0.1) is 11.9 Å². The Morgan fingerprint density at radius 3 is 2.79 bits per heavy atom. The fourth-order valence-corrected chi connectivity index (χ4v) is 5.84. The predicted molar refractivity (Wildman–Crippen MR) is 109 cm³/mol. The number of rotatable bonds is 5. The second-order valence-corrected chi connectivity index (χ2v) is 9.58. The van der Waals surface area contributed by atoms with Gasteiger partial charge in [0.25, 0.3) is 0 Å². The van der Waals surface area contributed by atoms with Crippen molar-refractivity contribution in [2.45, 2.75) is 43.5 Å². The summed E-state index contributed by atoms with van der Waals surface area (Å²) in [6.07, 6.45) is 6.12. The maximum Gasteiger partial charge on any atom is 0.247 e. The van der Waals surface area contributed by atoms with Crippen molar-refractivity contribution in [1.29, 1.82) is 0 Å². The third-order valence-electron chi connectivity index (χ3n) is 5.19. The van der Waals surface area contributed by atoms with Gasteiger partial charge in [-0.05, 0) is 31.4 Å². The lowest BCUT2D eigenvalue weighted by Crippen LogP contribution is -2.38. The average molecular weight is 435 g/mol. The van der Waals surface area contributed by atoms with Gasteiger partial charge in [-0.3, -0.25) is 4.68 Å². The molecule has 0 aliphatic carbocycles. The van der Waals surface area contributed by atoms with Crippen LogP contribution in [0.5, 0.6) is 0 Å². The quantitative estimate of drug-likeness (QED) is 0.608. The molecule has 0 bridgehead atoms. The van der Waals surface area contributed by atoms with Crippen molar-refractivity contribution in [3.63, 3.8) is 0 Å². The Balaban J connectivity index is 1.62. The molecule has 1 fully saturated rings. The Morgan fingerprint density at radius 1 is 1.28 bits per heavy atom. The van der Waals surface area contributed by atoms with E-state index in [1.165, 1.54) is 8.99 Å². The zero-order valence-electron chi connectivity index (χ0n) is 16.4. The maximum atomic E-state index is 13.3. The number of aryl methyl sites for hydroxylation is 2. The summed E-state index contributed by atoms with van der Waals surface area (Å²) in [5.41, 5.74) is 1.43. The van der Waals surface area contributed by atoms with Crippen LogP contribution in [0.25, 0.3) is 0 Å². The molecule has 1 aliphatic heterocycles. The second kappa shape index (κ2) is 7.93. The molecule has 0 amide bonds. The number of oxazole rings is 1. The van der Waals surface area contributed by atoms with E-state index in [0.717, 1.165) is 18.4 Å². The largest absolute Gasteiger partial charge is 0.444 e. The number of hydrogen-bond acceptors (Lipinski definition) is 5. The van der Waals surface area contributed by atoms with Crippen LogP contribution in [0.3, 0.4) is 0 Å². The first-order valence-corrected chi connectivity index (χ1v) is 11.4. The van der Waals surface area contributed by atoms with Gasteiger partial charge in [-0.15, -0.1) is 0 Å². The van der Waals surface area contributed by atoms with Gasteiger partial charge in [-0.1, -0.05) is 36.2 Å². The Bertz CT molecular complexity index is 1120. The topological polar surface area (TPSA) is 81.2 Å². The zero-order chi connectivity index (χ0) is 20.6. The summed E-state index contributed by atoms with van der Waals surface area (Å²) in [5, 5.41) is 4.85. The first-order valence-electron chi connectivity index (χ1n) is 9.56. The minimum Gasteiger partial charge on any atom is -0.444 e. The molecule has 3 aromatic rings. The van der Waals surface area contributed by atoms with Crippen molar-refractivity contribution in [3.05, 3.63) is 64.6 Å². The highest BCUT2D eigenvalue weighted by Crippen LogP contribution is 2.36. The van der Waals surface area contributed by atoms with Crippen molar-refractivity contribution in [2.75, 3.05) is 6.54 Å². The highest BCUT2D eigenvalue weighted by molar-refractivity contribution is 7.89. The zero-order valence-corrected chi connectivity index (χ0v) is 17.9. The standard InChI is InChI=1S/C20H23ClN4O3S/c1-14-19(13-24(2)23-14)29(26,27)25-10-6-5-9-18(25)20-22-12-16(28-20)11-15-7-3-4-8-17(15)21/h3-4,7-8,12-13,18H,5-6,9-11H2,1-2H3/t18-/m0/s1. The molecule has 1 saturated heterocycles. The van der Waals surface area contributed by atoms with E-state index < -0.39 is 16.1 Å². The molecule has 154 valence electrons. The van der Waals surface area contributed by atoms with Gasteiger partial charge in [-0.25, -0.2) is 13.4 Å². The van der Waals surface area contributed by atoms with E-state index in [1.54, 1.807) is 26.4 Å². The third kappa shape index (κ3) is 3.97. The molecule has 0 N–H and O–H groups in total. The Labute approximate surface area is 175 Å². The van der Waals surface area contributed by atoms with E-state index in [4.69, 9.17) is 16.0 Å². The molecule has 0 saturated carbocycles. The smallest absolute Gasteiger partial charge is 0.247 e. The van der Waals surface area contributed by atoms with Gasteiger partial charge < -0.3 is 4.42 Å². The second-order valence-electron chi connectivity index (χ2n) is 7.31. The van der Waals surface area contributed by atoms with Crippen molar-refractivity contribution in [3.8, 4) is 0 Å². The molecule has 9 heteroatoms. The summed E-state index contributed by atoms with van der Waals surface area (Å²) in [7, 11) is -1.98. The van der Waals surface area contributed by atoms with Gasteiger partial charge in [0.2, 0.25) is 15.9 Å². The monoisotopic (exact) mass is 434 g/mol. The fourth-order valence-electron chi connectivity index (χ4n) is 3.78. The molecule has 2 aromatic heterocycles. The summed E-state index contributed by atoms with van der Waals surface area (Å²) >= 11 is 6.24. The summed E-state index contributed by atoms with van der Waals surface area (Å²) in [5.74, 6) is 1.09. The minimum atomic E-state index is -3.70. The van der Waals surface area contributed by atoms with E-state index in [0.29, 0.717) is 41.8 Å². The van der Waals surface area contributed by atoms with Crippen LogP contribution < -0.4 is 0 Å². The molecule has 4 rings (SSSR count). The number of benzene rings is 1. The lowest BCUT2D eigenvalue weighted by atomic mass is 10.1. The molecule has 3 heterocycles. The van der Waals surface area contributed by atoms with Crippen LogP contribution in [0.15, 0.2) is 46.0 Å². The van der Waals surface area contributed by atoms with Crippen LogP contribution in [0.2, 0.25) is 5.02 Å². The number of hydrogen-bond donors (Lipinski definition) is 0. The van der Waals surface area contributed by atoms with E-state index in [-0.39, 0.29) is 4.90 Å². The minimum absolute atomic E-state index is 0.231. The molecule has 0 radical (unpaired) electrons. The average Bonchev–Trinajstić information content (AvgIpc) is 3.30. The molecule has 1 aromatic carbocycles. The van der Waals surface area contributed by atoms with Crippen LogP contribution in [0.1, 0.15) is 48.2 Å². The van der Waals surface area contributed by atoms with Gasteiger partial charge in [-0.2, -0.15) is 9.40 Å². The van der Waals surface area contributed by atoms with Gasteiger partial charge >= 0.3 is 0 Å². The fraction of sp³-hybridized carbons (Fsp3) is 0.400. The van der Waals surface area contributed by atoms with Crippen molar-refractivity contribution in [1.82, 2.24) is 19.1 Å². The molecule has 0 spiro atoms. The van der Waals surface area contributed by atoms with Crippen molar-refractivity contribution < 1.29 is 12.8 Å². The third-order valence-corrected chi connectivity index (χ3v) is 7.57. The lowest BCUT2D eigenvalue weighted by molar-refractivity contribution is 0.216. The summed E-state index contributed by atoms with van der Waals surface area (Å²) in [6, 6.07) is 7.15. The molecule has 1 aliphatic rings. The summed E-state index contributed by atoms with van der Waals surface area (Å²) in [4.78, 5) is 4.65. The summed E-state index contributed by atoms with van der Waals surface area (Å²) in [6.45, 7) is 2.14. The SMILES string of the molecule is Cc1nn(C)cc1S(=O)(=O)N1CCCC[C@H]1c1ncc(Cc2ccccc2Cl)o1. The van der Waals surface area contributed by atoms with E-state index in [1.807, 2.05) is 24.3 Å². The molecule has 7 nitrogen and oxygen atoms in total. The Morgan fingerprint density at radius 2 is 2.07 bits per heavy atom. The predicted octanol–water partition coefficient (Wildman–Crippen LogP) is 3.88. The first kappa shape index (κ1) is 20.1. The Hall–Kier alpha value is -2.16. The lowest BCUT2D eigenvalue weighted by Gasteiger charge is -2.32. The van der Waals surface area contributed by atoms with Gasteiger partial charge in [0.15, 0.2) is 0 Å². The normalized spacial score (nSPS) is 18.2. The number of aromatic nitrogens is 3. The molecule has 29 heavy (non-hydrogen) atoms. The first-order chi connectivity index (χ1) is 13.9. The Kier molecular flexibility index (Phi) is 5.50. The number of nitrogens with zero attached hydrogens (tertiary/aromatic N) is 4. The summed E-state index contributed by atoms with van der Waals surface area (Å²) < 4.78 is 35.7. The van der Waals surface area contributed by atoms with Crippen LogP contribution >= 0.6 is 11.6 Å². The van der Waals surface area contributed by atoms with E-state index in [9.17, 15) is 8.42 Å². The number of halogens is 1. The highest BCUT2D eigenvalue weighted by Gasteiger charge is 2.38. The van der Waals surface area contributed by atoms with Crippen LogP contribution in [0.4, 0.5) is 0 Å². The molecule has 0 unspecified atom stereocenters. The van der Waals surface area contributed by atoms with Crippen LogP contribution in [-0.4, -0.2) is 34.0 Å². The molecular weight excluding hydrogens is 412 g/mol. The molecular formula is C20H23ClN4O3S. The molecule has 1 atom stereocenters.